The van der Waals surface area contributed by atoms with Gasteiger partial charge in [-0.2, -0.15) is 0 Å². The van der Waals surface area contributed by atoms with Crippen LogP contribution in [0, 0.1) is 17.3 Å². The molecule has 1 unspecified atom stereocenters. The van der Waals surface area contributed by atoms with E-state index in [2.05, 4.69) is 6.58 Å². The summed E-state index contributed by atoms with van der Waals surface area (Å²) >= 11 is 0. The summed E-state index contributed by atoms with van der Waals surface area (Å²) in [4.78, 5) is 26.2. The first-order valence-electron chi connectivity index (χ1n) is 8.35. The number of nitrogens with two attached hydrogens (primary N) is 1. The molecule has 0 aromatic carbocycles. The third-order valence-electron chi connectivity index (χ3n) is 5.41. The second-order valence-corrected chi connectivity index (χ2v) is 6.89. The quantitative estimate of drug-likeness (QED) is 0.761. The third kappa shape index (κ3) is 3.51. The molecule has 0 radical (unpaired) electrons. The fourth-order valence-corrected chi connectivity index (χ4v) is 3.93. The highest BCUT2D eigenvalue weighted by Gasteiger charge is 2.43. The fourth-order valence-electron chi connectivity index (χ4n) is 3.93. The first-order chi connectivity index (χ1) is 10.5. The Morgan fingerprint density at radius 1 is 1.32 bits per heavy atom. The Morgan fingerprint density at radius 3 is 2.55 bits per heavy atom. The summed E-state index contributed by atoms with van der Waals surface area (Å²) in [6.45, 7) is 5.39. The SMILES string of the molecule is C=CCC1(C(=O)O)CCCN(C(=O)C2CCC(CN)CC2)C1. The third-order valence-corrected chi connectivity index (χ3v) is 5.41. The number of amides is 1. The molecule has 2 rings (SSSR count). The maximum Gasteiger partial charge on any atom is 0.311 e. The average molecular weight is 308 g/mol. The van der Waals surface area contributed by atoms with E-state index in [1.165, 1.54) is 0 Å². The molecule has 1 aliphatic heterocycles. The van der Waals surface area contributed by atoms with E-state index in [0.29, 0.717) is 38.4 Å². The number of hydrogen-bond acceptors (Lipinski definition) is 3. The first kappa shape index (κ1) is 17.0. The monoisotopic (exact) mass is 308 g/mol. The summed E-state index contributed by atoms with van der Waals surface area (Å²) < 4.78 is 0. The van der Waals surface area contributed by atoms with Crippen molar-refractivity contribution in [3.05, 3.63) is 12.7 Å². The van der Waals surface area contributed by atoms with E-state index < -0.39 is 11.4 Å². The molecule has 5 heteroatoms. The molecular formula is C17H28N2O3. The molecule has 1 aliphatic carbocycles. The van der Waals surface area contributed by atoms with Crippen molar-refractivity contribution in [1.82, 2.24) is 4.90 Å². The number of hydrogen-bond donors (Lipinski definition) is 2. The predicted molar refractivity (Wildman–Crippen MR) is 85.2 cm³/mol. The molecule has 1 heterocycles. The number of aliphatic carboxylic acids is 1. The second-order valence-electron chi connectivity index (χ2n) is 6.89. The molecule has 5 nitrogen and oxygen atoms in total. The number of likely N-dealkylation sites (tertiary alicyclic amines) is 1. The van der Waals surface area contributed by atoms with Crippen LogP contribution in [-0.4, -0.2) is 41.5 Å². The lowest BCUT2D eigenvalue weighted by molar-refractivity contribution is -0.156. The van der Waals surface area contributed by atoms with Gasteiger partial charge in [0.1, 0.15) is 0 Å². The summed E-state index contributed by atoms with van der Waals surface area (Å²) in [6, 6.07) is 0. The van der Waals surface area contributed by atoms with Crippen LogP contribution in [0.25, 0.3) is 0 Å². The zero-order valence-electron chi connectivity index (χ0n) is 13.3. The van der Waals surface area contributed by atoms with Crippen LogP contribution in [-0.2, 0) is 9.59 Å². The van der Waals surface area contributed by atoms with Crippen LogP contribution in [0.4, 0.5) is 0 Å². The molecule has 2 fully saturated rings. The molecule has 1 saturated carbocycles. The van der Waals surface area contributed by atoms with Crippen LogP contribution < -0.4 is 5.73 Å². The minimum absolute atomic E-state index is 0.0520. The van der Waals surface area contributed by atoms with Crippen LogP contribution in [0.5, 0.6) is 0 Å². The normalized spacial score (nSPS) is 32.5. The highest BCUT2D eigenvalue weighted by atomic mass is 16.4. The second kappa shape index (κ2) is 7.27. The average Bonchev–Trinajstić information content (AvgIpc) is 2.54. The van der Waals surface area contributed by atoms with Crippen molar-refractivity contribution < 1.29 is 14.7 Å². The van der Waals surface area contributed by atoms with E-state index in [0.717, 1.165) is 32.1 Å². The summed E-state index contributed by atoms with van der Waals surface area (Å²) in [5.74, 6) is -0.0676. The first-order valence-corrected chi connectivity index (χ1v) is 8.35. The molecule has 0 spiro atoms. The fraction of sp³-hybridized carbons (Fsp3) is 0.765. The van der Waals surface area contributed by atoms with Crippen LogP contribution in [0.2, 0.25) is 0 Å². The molecule has 0 aromatic rings. The zero-order valence-corrected chi connectivity index (χ0v) is 13.3. The number of allylic oxidation sites excluding steroid dienone is 1. The van der Waals surface area contributed by atoms with Gasteiger partial charge in [0.05, 0.1) is 5.41 Å². The Kier molecular flexibility index (Phi) is 5.62. The summed E-state index contributed by atoms with van der Waals surface area (Å²) in [6.07, 6.45) is 7.26. The summed E-state index contributed by atoms with van der Waals surface area (Å²) in [7, 11) is 0. The van der Waals surface area contributed by atoms with E-state index in [1.807, 2.05) is 0 Å². The highest BCUT2D eigenvalue weighted by molar-refractivity contribution is 5.81. The highest BCUT2D eigenvalue weighted by Crippen LogP contribution is 2.36. The molecule has 3 N–H and O–H groups in total. The number of piperidine rings is 1. The van der Waals surface area contributed by atoms with Crippen LogP contribution in [0.3, 0.4) is 0 Å². The lowest BCUT2D eigenvalue weighted by Gasteiger charge is -2.41. The van der Waals surface area contributed by atoms with E-state index in [4.69, 9.17) is 5.73 Å². The minimum atomic E-state index is -0.843. The van der Waals surface area contributed by atoms with Gasteiger partial charge < -0.3 is 15.7 Å². The van der Waals surface area contributed by atoms with Crippen molar-refractivity contribution in [3.63, 3.8) is 0 Å². The van der Waals surface area contributed by atoms with Gasteiger partial charge in [-0.1, -0.05) is 6.08 Å². The van der Waals surface area contributed by atoms with Crippen molar-refractivity contribution in [3.8, 4) is 0 Å². The van der Waals surface area contributed by atoms with E-state index in [1.54, 1.807) is 11.0 Å². The lowest BCUT2D eigenvalue weighted by atomic mass is 9.76. The van der Waals surface area contributed by atoms with Crippen molar-refractivity contribution in [1.29, 1.82) is 0 Å². The molecule has 124 valence electrons. The predicted octanol–water partition coefficient (Wildman–Crippen LogP) is 2.02. The van der Waals surface area contributed by atoms with Crippen LogP contribution >= 0.6 is 0 Å². The Morgan fingerprint density at radius 2 is 2.00 bits per heavy atom. The molecule has 1 amide bonds. The molecule has 22 heavy (non-hydrogen) atoms. The number of carboxylic acid groups (broad SMARTS) is 1. The van der Waals surface area contributed by atoms with Gasteiger partial charge in [-0.25, -0.2) is 0 Å². The Labute approximate surface area is 132 Å². The smallest absolute Gasteiger partial charge is 0.311 e. The van der Waals surface area contributed by atoms with Crippen LogP contribution in [0.15, 0.2) is 12.7 Å². The van der Waals surface area contributed by atoms with Crippen molar-refractivity contribution in [2.45, 2.75) is 44.9 Å². The molecule has 1 saturated heterocycles. The van der Waals surface area contributed by atoms with Crippen molar-refractivity contribution in [2.75, 3.05) is 19.6 Å². The van der Waals surface area contributed by atoms with Gasteiger partial charge in [-0.3, -0.25) is 9.59 Å². The van der Waals surface area contributed by atoms with Crippen LogP contribution in [0.1, 0.15) is 44.9 Å². The molecule has 0 aromatic heterocycles. The minimum Gasteiger partial charge on any atom is -0.481 e. The maximum atomic E-state index is 12.7. The number of carboxylic acids is 1. The van der Waals surface area contributed by atoms with E-state index in [-0.39, 0.29) is 11.8 Å². The molecule has 1 atom stereocenters. The summed E-state index contributed by atoms with van der Waals surface area (Å²) in [5.41, 5.74) is 4.86. The van der Waals surface area contributed by atoms with Gasteiger partial charge in [0, 0.05) is 19.0 Å². The van der Waals surface area contributed by atoms with Gasteiger partial charge in [-0.15, -0.1) is 6.58 Å². The maximum absolute atomic E-state index is 12.7. The number of carbonyl (C=O) groups is 2. The van der Waals surface area contributed by atoms with Gasteiger partial charge in [-0.05, 0) is 57.4 Å². The molecule has 2 aliphatic rings. The van der Waals surface area contributed by atoms with Gasteiger partial charge in [0.2, 0.25) is 5.91 Å². The zero-order chi connectivity index (χ0) is 16.2. The number of nitrogens with zero attached hydrogens (tertiary/aromatic N) is 1. The standard InChI is InChI=1S/C17H28N2O3/c1-2-8-17(16(21)22)9-3-10-19(12-17)15(20)14-6-4-13(11-18)5-7-14/h2,13-14H,1,3-12,18H2,(H,21,22). The number of rotatable bonds is 5. The summed E-state index contributed by atoms with van der Waals surface area (Å²) in [5, 5.41) is 9.60. The topological polar surface area (TPSA) is 83.6 Å². The lowest BCUT2D eigenvalue weighted by Crippen LogP contribution is -2.51. The molecular weight excluding hydrogens is 280 g/mol. The van der Waals surface area contributed by atoms with E-state index in [9.17, 15) is 14.7 Å². The van der Waals surface area contributed by atoms with Crippen molar-refractivity contribution in [2.24, 2.45) is 23.0 Å². The van der Waals surface area contributed by atoms with Gasteiger partial charge in [0.15, 0.2) is 0 Å². The van der Waals surface area contributed by atoms with Gasteiger partial charge >= 0.3 is 5.97 Å². The Hall–Kier alpha value is -1.36. The molecule has 0 bridgehead atoms. The number of carbonyl (C=O) groups excluding carboxylic acids is 1. The van der Waals surface area contributed by atoms with Gasteiger partial charge in [0.25, 0.3) is 0 Å². The van der Waals surface area contributed by atoms with E-state index >= 15 is 0 Å². The largest absolute Gasteiger partial charge is 0.481 e. The Bertz CT molecular complexity index is 430. The Balaban J connectivity index is 2.01. The van der Waals surface area contributed by atoms with Crippen molar-refractivity contribution >= 4 is 11.9 Å².